The Kier molecular flexibility index (Phi) is 5.28. The number of Topliss-reactive ketones (excluding diaryl/α,β-unsaturated/α-hetero) is 1. The third kappa shape index (κ3) is 3.72. The van der Waals surface area contributed by atoms with E-state index in [1.165, 1.54) is 0 Å². The topological polar surface area (TPSA) is 43.4 Å². The summed E-state index contributed by atoms with van der Waals surface area (Å²) < 4.78 is 5.12. The maximum atomic E-state index is 12.7. The van der Waals surface area contributed by atoms with Gasteiger partial charge in [0.25, 0.3) is 0 Å². The Balaban J connectivity index is 1.76. The van der Waals surface area contributed by atoms with Crippen molar-refractivity contribution in [1.82, 2.24) is 0 Å². The Morgan fingerprint density at radius 3 is 1.85 bits per heavy atom. The number of hydrogen-bond acceptors (Lipinski definition) is 3. The predicted octanol–water partition coefficient (Wildman–Crippen LogP) is 4.91. The summed E-state index contributed by atoms with van der Waals surface area (Å²) >= 11 is 0. The van der Waals surface area contributed by atoms with Crippen molar-refractivity contribution >= 4 is 11.6 Å². The second kappa shape index (κ2) is 7.79. The minimum absolute atomic E-state index is 0.0220. The molecule has 0 heterocycles. The normalized spacial score (nSPS) is 11.6. The molecule has 3 rings (SSSR count). The van der Waals surface area contributed by atoms with Crippen LogP contribution in [-0.4, -0.2) is 18.7 Å². The monoisotopic (exact) mass is 344 g/mol. The van der Waals surface area contributed by atoms with E-state index < -0.39 is 0 Å². The molecule has 0 aliphatic carbocycles. The van der Waals surface area contributed by atoms with Gasteiger partial charge in [0.05, 0.1) is 7.11 Å². The zero-order valence-corrected chi connectivity index (χ0v) is 14.8. The lowest BCUT2D eigenvalue weighted by Crippen LogP contribution is -2.10. The molecular formula is C23H20O3. The van der Waals surface area contributed by atoms with E-state index in [0.29, 0.717) is 16.7 Å². The highest BCUT2D eigenvalue weighted by Crippen LogP contribution is 2.23. The first-order valence-corrected chi connectivity index (χ1v) is 8.48. The van der Waals surface area contributed by atoms with E-state index in [9.17, 15) is 9.59 Å². The molecule has 0 saturated heterocycles. The third-order valence-electron chi connectivity index (χ3n) is 4.48. The van der Waals surface area contributed by atoms with Gasteiger partial charge < -0.3 is 4.74 Å². The Hall–Kier alpha value is -3.20. The first-order chi connectivity index (χ1) is 12.6. The van der Waals surface area contributed by atoms with E-state index >= 15 is 0 Å². The largest absolute Gasteiger partial charge is 0.497 e. The Bertz CT molecular complexity index is 894. The van der Waals surface area contributed by atoms with Crippen LogP contribution in [0.3, 0.4) is 0 Å². The molecule has 0 fully saturated rings. The average Bonchev–Trinajstić information content (AvgIpc) is 2.73. The molecule has 0 aliphatic rings. The molecular weight excluding hydrogens is 324 g/mol. The highest BCUT2D eigenvalue weighted by Gasteiger charge is 2.18. The summed E-state index contributed by atoms with van der Waals surface area (Å²) in [6, 6.07) is 23.5. The molecule has 3 aromatic carbocycles. The number of carbonyl (C=O) groups is 2. The first-order valence-electron chi connectivity index (χ1n) is 8.48. The van der Waals surface area contributed by atoms with Gasteiger partial charge in [-0.1, -0.05) is 61.5 Å². The fourth-order valence-electron chi connectivity index (χ4n) is 2.84. The van der Waals surface area contributed by atoms with Crippen molar-refractivity contribution in [2.45, 2.75) is 12.8 Å². The van der Waals surface area contributed by atoms with Crippen molar-refractivity contribution in [2.24, 2.45) is 0 Å². The summed E-state index contributed by atoms with van der Waals surface area (Å²) in [5.41, 5.74) is 2.80. The number of methoxy groups -OCH3 is 1. The fourth-order valence-corrected chi connectivity index (χ4v) is 2.84. The highest BCUT2D eigenvalue weighted by atomic mass is 16.5. The van der Waals surface area contributed by atoms with Crippen LogP contribution in [-0.2, 0) is 0 Å². The Morgan fingerprint density at radius 1 is 0.731 bits per heavy atom. The van der Waals surface area contributed by atoms with Crippen molar-refractivity contribution < 1.29 is 14.3 Å². The number of benzene rings is 3. The van der Waals surface area contributed by atoms with Crippen molar-refractivity contribution in [1.29, 1.82) is 0 Å². The van der Waals surface area contributed by atoms with Crippen LogP contribution in [0.4, 0.5) is 0 Å². The second-order valence-electron chi connectivity index (χ2n) is 6.13. The van der Waals surface area contributed by atoms with E-state index in [1.54, 1.807) is 55.6 Å². The smallest absolute Gasteiger partial charge is 0.193 e. The van der Waals surface area contributed by atoms with E-state index in [1.807, 2.05) is 37.3 Å². The average molecular weight is 344 g/mol. The SMILES string of the molecule is COc1ccc(C(=O)C(C)c2ccc(C(=O)c3ccccc3)cc2)cc1. The summed E-state index contributed by atoms with van der Waals surface area (Å²) in [6.07, 6.45) is 0. The van der Waals surface area contributed by atoms with Crippen LogP contribution in [0.5, 0.6) is 5.75 Å². The lowest BCUT2D eigenvalue weighted by atomic mass is 9.91. The van der Waals surface area contributed by atoms with Gasteiger partial charge in [0.2, 0.25) is 0 Å². The number of hydrogen-bond donors (Lipinski definition) is 0. The summed E-state index contributed by atoms with van der Waals surface area (Å²) in [6.45, 7) is 1.88. The first kappa shape index (κ1) is 17.6. The summed E-state index contributed by atoms with van der Waals surface area (Å²) in [5.74, 6) is 0.448. The minimum Gasteiger partial charge on any atom is -0.497 e. The Morgan fingerprint density at radius 2 is 1.27 bits per heavy atom. The predicted molar refractivity (Wildman–Crippen MR) is 102 cm³/mol. The highest BCUT2D eigenvalue weighted by molar-refractivity contribution is 6.09. The summed E-state index contributed by atoms with van der Waals surface area (Å²) in [7, 11) is 1.59. The zero-order valence-electron chi connectivity index (χ0n) is 14.8. The van der Waals surface area contributed by atoms with Gasteiger partial charge in [0.1, 0.15) is 5.75 Å². The van der Waals surface area contributed by atoms with Crippen molar-refractivity contribution in [3.8, 4) is 5.75 Å². The van der Waals surface area contributed by atoms with Gasteiger partial charge in [-0.05, 0) is 29.8 Å². The zero-order chi connectivity index (χ0) is 18.5. The van der Waals surface area contributed by atoms with Gasteiger partial charge in [-0.2, -0.15) is 0 Å². The van der Waals surface area contributed by atoms with Crippen LogP contribution in [0, 0.1) is 0 Å². The van der Waals surface area contributed by atoms with Crippen molar-refractivity contribution in [3.05, 3.63) is 101 Å². The maximum absolute atomic E-state index is 12.7. The maximum Gasteiger partial charge on any atom is 0.193 e. The van der Waals surface area contributed by atoms with Crippen LogP contribution < -0.4 is 4.74 Å². The molecule has 0 aromatic heterocycles. The molecule has 0 bridgehead atoms. The molecule has 3 heteroatoms. The second-order valence-corrected chi connectivity index (χ2v) is 6.13. The molecule has 0 N–H and O–H groups in total. The molecule has 0 amide bonds. The lowest BCUT2D eigenvalue weighted by molar-refractivity contribution is 0.0965. The molecule has 1 unspecified atom stereocenters. The van der Waals surface area contributed by atoms with Gasteiger partial charge in [0, 0.05) is 22.6 Å². The summed E-state index contributed by atoms with van der Waals surface area (Å²) in [5, 5.41) is 0. The molecule has 1 atom stereocenters. The molecule has 130 valence electrons. The van der Waals surface area contributed by atoms with Gasteiger partial charge in [-0.15, -0.1) is 0 Å². The van der Waals surface area contributed by atoms with Crippen LogP contribution in [0.25, 0.3) is 0 Å². The molecule has 0 aliphatic heterocycles. The van der Waals surface area contributed by atoms with Crippen LogP contribution in [0.2, 0.25) is 0 Å². The number of ether oxygens (including phenoxy) is 1. The molecule has 0 saturated carbocycles. The van der Waals surface area contributed by atoms with Crippen molar-refractivity contribution in [3.63, 3.8) is 0 Å². The number of ketones is 2. The van der Waals surface area contributed by atoms with Crippen molar-refractivity contribution in [2.75, 3.05) is 7.11 Å². The van der Waals surface area contributed by atoms with Gasteiger partial charge >= 0.3 is 0 Å². The fraction of sp³-hybridized carbons (Fsp3) is 0.130. The number of rotatable bonds is 6. The molecule has 3 nitrogen and oxygen atoms in total. The van der Waals surface area contributed by atoms with Crippen LogP contribution in [0.1, 0.15) is 44.7 Å². The van der Waals surface area contributed by atoms with Gasteiger partial charge in [0.15, 0.2) is 11.6 Å². The van der Waals surface area contributed by atoms with Gasteiger partial charge in [-0.25, -0.2) is 0 Å². The molecule has 3 aromatic rings. The number of carbonyl (C=O) groups excluding carboxylic acids is 2. The van der Waals surface area contributed by atoms with Gasteiger partial charge in [-0.3, -0.25) is 9.59 Å². The molecule has 26 heavy (non-hydrogen) atoms. The lowest BCUT2D eigenvalue weighted by Gasteiger charge is -2.12. The van der Waals surface area contributed by atoms with E-state index in [2.05, 4.69) is 0 Å². The quantitative estimate of drug-likeness (QED) is 0.597. The van der Waals surface area contributed by atoms with Crippen LogP contribution >= 0.6 is 0 Å². The van der Waals surface area contributed by atoms with E-state index in [-0.39, 0.29) is 17.5 Å². The minimum atomic E-state index is -0.288. The van der Waals surface area contributed by atoms with E-state index in [0.717, 1.165) is 11.3 Å². The molecule has 0 spiro atoms. The Labute approximate surface area is 153 Å². The molecule has 0 radical (unpaired) electrons. The third-order valence-corrected chi connectivity index (χ3v) is 4.48. The van der Waals surface area contributed by atoms with E-state index in [4.69, 9.17) is 4.74 Å². The standard InChI is InChI=1S/C23H20O3/c1-16(22(24)19-12-14-21(26-2)15-13-19)17-8-10-20(11-9-17)23(25)18-6-4-3-5-7-18/h3-16H,1-2H3. The van der Waals surface area contributed by atoms with Crippen LogP contribution in [0.15, 0.2) is 78.9 Å². The summed E-state index contributed by atoms with van der Waals surface area (Å²) in [4.78, 5) is 25.1.